The highest BCUT2D eigenvalue weighted by atomic mass is 16.5. The first-order chi connectivity index (χ1) is 8.53. The standard InChI is InChI=1S/C14H23N3O/c1-14(2,3)16-9-12-4-6-15-13(17-12)8-11-5-7-18-10-11/h4,6,11,16H,5,7-10H2,1-3H3. The summed E-state index contributed by atoms with van der Waals surface area (Å²) in [7, 11) is 0. The van der Waals surface area contributed by atoms with Gasteiger partial charge in [-0.25, -0.2) is 9.97 Å². The van der Waals surface area contributed by atoms with Crippen LogP contribution in [0.15, 0.2) is 12.3 Å². The highest BCUT2D eigenvalue weighted by Gasteiger charge is 2.17. The minimum absolute atomic E-state index is 0.115. The van der Waals surface area contributed by atoms with Gasteiger partial charge in [-0.15, -0.1) is 0 Å². The van der Waals surface area contributed by atoms with Crippen LogP contribution in [0.4, 0.5) is 0 Å². The lowest BCUT2D eigenvalue weighted by atomic mass is 10.0. The lowest BCUT2D eigenvalue weighted by Gasteiger charge is -2.20. The van der Waals surface area contributed by atoms with Gasteiger partial charge in [0, 0.05) is 37.9 Å². The van der Waals surface area contributed by atoms with Gasteiger partial charge in [-0.05, 0) is 39.2 Å². The fourth-order valence-electron chi connectivity index (χ4n) is 2.00. The Bertz CT molecular complexity index is 381. The monoisotopic (exact) mass is 249 g/mol. The SMILES string of the molecule is CC(C)(C)NCc1ccnc(CC2CCOC2)n1. The topological polar surface area (TPSA) is 47.0 Å². The first-order valence-corrected chi connectivity index (χ1v) is 6.66. The van der Waals surface area contributed by atoms with Gasteiger partial charge in [-0.2, -0.15) is 0 Å². The molecule has 1 atom stereocenters. The molecule has 1 fully saturated rings. The van der Waals surface area contributed by atoms with E-state index in [9.17, 15) is 0 Å². The van der Waals surface area contributed by atoms with Crippen LogP contribution in [0.5, 0.6) is 0 Å². The van der Waals surface area contributed by atoms with Crippen molar-refractivity contribution in [3.05, 3.63) is 23.8 Å². The summed E-state index contributed by atoms with van der Waals surface area (Å²) in [5.74, 6) is 1.54. The van der Waals surface area contributed by atoms with Gasteiger partial charge in [-0.1, -0.05) is 0 Å². The minimum Gasteiger partial charge on any atom is -0.381 e. The smallest absolute Gasteiger partial charge is 0.128 e. The summed E-state index contributed by atoms with van der Waals surface area (Å²) >= 11 is 0. The maximum atomic E-state index is 5.38. The Hall–Kier alpha value is -1.00. The van der Waals surface area contributed by atoms with E-state index < -0.39 is 0 Å². The second kappa shape index (κ2) is 5.76. The molecular weight excluding hydrogens is 226 g/mol. The molecule has 18 heavy (non-hydrogen) atoms. The Labute approximate surface area is 109 Å². The van der Waals surface area contributed by atoms with Crippen LogP contribution >= 0.6 is 0 Å². The normalized spacial score (nSPS) is 20.3. The van der Waals surface area contributed by atoms with Crippen molar-refractivity contribution in [2.75, 3.05) is 13.2 Å². The number of ether oxygens (including phenoxy) is 1. The second-order valence-electron chi connectivity index (χ2n) is 6.00. The number of aromatic nitrogens is 2. The molecule has 0 saturated carbocycles. The summed E-state index contributed by atoms with van der Waals surface area (Å²) in [4.78, 5) is 8.96. The van der Waals surface area contributed by atoms with Crippen LogP contribution in [-0.2, 0) is 17.7 Å². The lowest BCUT2D eigenvalue weighted by Crippen LogP contribution is -2.35. The molecule has 0 radical (unpaired) electrons. The van der Waals surface area contributed by atoms with Gasteiger partial charge in [0.25, 0.3) is 0 Å². The summed E-state index contributed by atoms with van der Waals surface area (Å²) in [6.45, 7) is 9.00. The van der Waals surface area contributed by atoms with Crippen LogP contribution < -0.4 is 5.32 Å². The van der Waals surface area contributed by atoms with Gasteiger partial charge in [-0.3, -0.25) is 0 Å². The highest BCUT2D eigenvalue weighted by Crippen LogP contribution is 2.16. The van der Waals surface area contributed by atoms with Gasteiger partial charge < -0.3 is 10.1 Å². The van der Waals surface area contributed by atoms with Crippen LogP contribution in [0.3, 0.4) is 0 Å². The van der Waals surface area contributed by atoms with Crippen LogP contribution in [0.25, 0.3) is 0 Å². The van der Waals surface area contributed by atoms with Crippen molar-refractivity contribution in [2.24, 2.45) is 5.92 Å². The molecule has 4 heteroatoms. The Morgan fingerprint density at radius 2 is 2.28 bits per heavy atom. The van der Waals surface area contributed by atoms with Crippen molar-refractivity contribution in [3.63, 3.8) is 0 Å². The fourth-order valence-corrected chi connectivity index (χ4v) is 2.00. The molecular formula is C14H23N3O. The van der Waals surface area contributed by atoms with Crippen molar-refractivity contribution in [1.29, 1.82) is 0 Å². The number of hydrogen-bond acceptors (Lipinski definition) is 4. The van der Waals surface area contributed by atoms with Crippen molar-refractivity contribution in [1.82, 2.24) is 15.3 Å². The zero-order valence-corrected chi connectivity index (χ0v) is 11.6. The first kappa shape index (κ1) is 13.4. The largest absolute Gasteiger partial charge is 0.381 e. The Morgan fingerprint density at radius 3 is 2.94 bits per heavy atom. The molecule has 0 aliphatic carbocycles. The predicted octanol–water partition coefficient (Wildman–Crippen LogP) is 1.94. The van der Waals surface area contributed by atoms with E-state index in [0.29, 0.717) is 5.92 Å². The van der Waals surface area contributed by atoms with Crippen molar-refractivity contribution in [2.45, 2.75) is 45.7 Å². The van der Waals surface area contributed by atoms with Crippen molar-refractivity contribution < 1.29 is 4.74 Å². The molecule has 1 aromatic rings. The van der Waals surface area contributed by atoms with Gasteiger partial charge in [0.1, 0.15) is 5.82 Å². The lowest BCUT2D eigenvalue weighted by molar-refractivity contribution is 0.185. The molecule has 1 N–H and O–H groups in total. The van der Waals surface area contributed by atoms with Crippen LogP contribution in [0.1, 0.15) is 38.7 Å². The molecule has 4 nitrogen and oxygen atoms in total. The summed E-state index contributed by atoms with van der Waals surface area (Å²) in [6.07, 6.45) is 3.93. The van der Waals surface area contributed by atoms with E-state index >= 15 is 0 Å². The third-order valence-electron chi connectivity index (χ3n) is 3.06. The summed E-state index contributed by atoms with van der Waals surface area (Å²) in [5.41, 5.74) is 1.18. The molecule has 1 aliphatic rings. The molecule has 1 aromatic heterocycles. The molecule has 1 saturated heterocycles. The average Bonchev–Trinajstić information content (AvgIpc) is 2.79. The van der Waals surface area contributed by atoms with Crippen LogP contribution in [-0.4, -0.2) is 28.7 Å². The molecule has 1 aliphatic heterocycles. The second-order valence-corrected chi connectivity index (χ2v) is 6.00. The third kappa shape index (κ3) is 4.35. The molecule has 0 amide bonds. The Morgan fingerprint density at radius 1 is 1.44 bits per heavy atom. The van der Waals surface area contributed by atoms with E-state index in [0.717, 1.165) is 44.1 Å². The van der Waals surface area contributed by atoms with Gasteiger partial charge in [0.2, 0.25) is 0 Å². The molecule has 2 rings (SSSR count). The van der Waals surface area contributed by atoms with E-state index in [1.807, 2.05) is 12.3 Å². The minimum atomic E-state index is 0.115. The Balaban J connectivity index is 1.92. The summed E-state index contributed by atoms with van der Waals surface area (Å²) in [5, 5.41) is 3.44. The van der Waals surface area contributed by atoms with Crippen LogP contribution in [0, 0.1) is 5.92 Å². The molecule has 1 unspecified atom stereocenters. The first-order valence-electron chi connectivity index (χ1n) is 6.66. The third-order valence-corrected chi connectivity index (χ3v) is 3.06. The average molecular weight is 249 g/mol. The van der Waals surface area contributed by atoms with E-state index in [2.05, 4.69) is 36.1 Å². The molecule has 0 spiro atoms. The van der Waals surface area contributed by atoms with E-state index in [4.69, 9.17) is 4.74 Å². The van der Waals surface area contributed by atoms with Crippen LogP contribution in [0.2, 0.25) is 0 Å². The van der Waals surface area contributed by atoms with Crippen molar-refractivity contribution in [3.8, 4) is 0 Å². The van der Waals surface area contributed by atoms with E-state index in [-0.39, 0.29) is 5.54 Å². The van der Waals surface area contributed by atoms with E-state index in [1.54, 1.807) is 0 Å². The number of rotatable bonds is 4. The van der Waals surface area contributed by atoms with Crippen molar-refractivity contribution >= 4 is 0 Å². The summed E-state index contributed by atoms with van der Waals surface area (Å²) in [6, 6.07) is 1.98. The highest BCUT2D eigenvalue weighted by molar-refractivity contribution is 5.03. The molecule has 100 valence electrons. The van der Waals surface area contributed by atoms with E-state index in [1.165, 1.54) is 0 Å². The zero-order valence-electron chi connectivity index (χ0n) is 11.6. The predicted molar refractivity (Wildman–Crippen MR) is 71.3 cm³/mol. The summed E-state index contributed by atoms with van der Waals surface area (Å²) < 4.78 is 5.38. The zero-order chi connectivity index (χ0) is 13.0. The van der Waals surface area contributed by atoms with Gasteiger partial charge in [0.05, 0.1) is 5.69 Å². The van der Waals surface area contributed by atoms with Gasteiger partial charge >= 0.3 is 0 Å². The fraction of sp³-hybridized carbons (Fsp3) is 0.714. The maximum absolute atomic E-state index is 5.38. The number of hydrogen-bond donors (Lipinski definition) is 1. The number of nitrogens with zero attached hydrogens (tertiary/aromatic N) is 2. The quantitative estimate of drug-likeness (QED) is 0.886. The maximum Gasteiger partial charge on any atom is 0.128 e. The molecule has 0 aromatic carbocycles. The van der Waals surface area contributed by atoms with Gasteiger partial charge in [0.15, 0.2) is 0 Å². The molecule has 0 bridgehead atoms. The molecule has 2 heterocycles. The Kier molecular flexibility index (Phi) is 4.30. The number of nitrogens with one attached hydrogen (secondary N) is 1.